The van der Waals surface area contributed by atoms with Crippen LogP contribution in [0.5, 0.6) is 0 Å². The van der Waals surface area contributed by atoms with Gasteiger partial charge in [-0.25, -0.2) is 18.6 Å². The highest BCUT2D eigenvalue weighted by molar-refractivity contribution is 5.97. The number of benzene rings is 2. The van der Waals surface area contributed by atoms with Crippen molar-refractivity contribution in [2.24, 2.45) is 7.05 Å². The summed E-state index contributed by atoms with van der Waals surface area (Å²) in [7, 11) is 1.61. The Balaban J connectivity index is 1.43. The van der Waals surface area contributed by atoms with Gasteiger partial charge in [0.1, 0.15) is 35.0 Å². The zero-order chi connectivity index (χ0) is 33.7. The number of nitrogens with zero attached hydrogens (tertiary/aromatic N) is 3. The van der Waals surface area contributed by atoms with E-state index in [0.717, 1.165) is 4.90 Å². The van der Waals surface area contributed by atoms with Gasteiger partial charge in [0.25, 0.3) is 11.5 Å². The number of carboxylic acids is 1. The number of carbonyl (C=O) groups is 2. The van der Waals surface area contributed by atoms with Gasteiger partial charge >= 0.3 is 12.1 Å². The second kappa shape index (κ2) is 12.4. The van der Waals surface area contributed by atoms with Gasteiger partial charge in [0.2, 0.25) is 0 Å². The SMILES string of the molecule is Cc1nc(-c2ccc(C[C@H](NC(=O)c3c(F)cc(N4CCOC[C@@H]4C(F)(F)F)cc3F)C(=O)O)c3c2C[C@H](O)C3)c(=O)n(C)c1C. The molecule has 3 atom stereocenters. The van der Waals surface area contributed by atoms with Gasteiger partial charge in [-0.1, -0.05) is 12.1 Å². The van der Waals surface area contributed by atoms with Crippen molar-refractivity contribution in [1.82, 2.24) is 14.9 Å². The number of hydrogen-bond acceptors (Lipinski definition) is 7. The molecule has 3 aromatic rings. The molecule has 46 heavy (non-hydrogen) atoms. The van der Waals surface area contributed by atoms with Crippen LogP contribution >= 0.6 is 0 Å². The first-order valence-corrected chi connectivity index (χ1v) is 14.4. The molecule has 2 aromatic carbocycles. The van der Waals surface area contributed by atoms with E-state index in [2.05, 4.69) is 10.3 Å². The zero-order valence-corrected chi connectivity index (χ0v) is 25.0. The minimum atomic E-state index is -4.75. The van der Waals surface area contributed by atoms with Crippen LogP contribution in [0, 0.1) is 25.5 Å². The van der Waals surface area contributed by atoms with Crippen molar-refractivity contribution < 1.29 is 46.5 Å². The Kier molecular flexibility index (Phi) is 8.92. The lowest BCUT2D eigenvalue weighted by molar-refractivity contribution is -0.167. The topological polar surface area (TPSA) is 134 Å². The number of aliphatic hydroxyl groups is 1. The molecule has 0 saturated carbocycles. The fourth-order valence-corrected chi connectivity index (χ4v) is 5.99. The minimum absolute atomic E-state index is 0.113. The molecule has 1 amide bonds. The third-order valence-corrected chi connectivity index (χ3v) is 8.60. The standard InChI is InChI=1S/C31H31F5N4O6/c1-14-15(2)39(3)29(43)27(37-14)19-5-4-16(20-11-18(41)12-21(19)20)8-24(30(44)45)38-28(42)26-22(32)9-17(10-23(26)33)40-6-7-46-13-25(40)31(34,35)36/h4-5,9-10,18,24-25,41H,6-8,11-13H2,1-3H3,(H,38,42)(H,44,45)/t18-,24+,25-/m1/s1. The number of carboxylic acid groups (broad SMARTS) is 1. The molecule has 0 spiro atoms. The zero-order valence-electron chi connectivity index (χ0n) is 25.0. The van der Waals surface area contributed by atoms with Crippen molar-refractivity contribution >= 4 is 17.6 Å². The van der Waals surface area contributed by atoms with Crippen LogP contribution in [0.15, 0.2) is 29.1 Å². The molecule has 3 N–H and O–H groups in total. The number of hydrogen-bond donors (Lipinski definition) is 3. The van der Waals surface area contributed by atoms with Crippen LogP contribution in [-0.4, -0.2) is 75.8 Å². The van der Waals surface area contributed by atoms with E-state index < -0.39 is 65.7 Å². The van der Waals surface area contributed by atoms with E-state index in [-0.39, 0.29) is 43.7 Å². The van der Waals surface area contributed by atoms with E-state index in [1.165, 1.54) is 4.57 Å². The van der Waals surface area contributed by atoms with Gasteiger partial charge in [0, 0.05) is 37.0 Å². The molecular weight excluding hydrogens is 619 g/mol. The molecule has 0 bridgehead atoms. The lowest BCUT2D eigenvalue weighted by Gasteiger charge is -2.38. The molecule has 246 valence electrons. The maximum Gasteiger partial charge on any atom is 0.411 e. The third kappa shape index (κ3) is 6.20. The number of morpholine rings is 1. The first-order chi connectivity index (χ1) is 21.6. The van der Waals surface area contributed by atoms with Crippen molar-refractivity contribution in [1.29, 1.82) is 0 Å². The number of halogens is 5. The summed E-state index contributed by atoms with van der Waals surface area (Å²) < 4.78 is 77.1. The molecule has 0 radical (unpaired) electrons. The van der Waals surface area contributed by atoms with Crippen molar-refractivity contribution in [2.45, 2.75) is 57.5 Å². The molecule has 1 aliphatic carbocycles. The number of aliphatic carboxylic acids is 1. The summed E-state index contributed by atoms with van der Waals surface area (Å²) in [5.41, 5.74) is 1.58. The second-order valence-corrected chi connectivity index (χ2v) is 11.5. The number of aliphatic hydroxyl groups excluding tert-OH is 1. The van der Waals surface area contributed by atoms with Crippen molar-refractivity contribution in [3.63, 3.8) is 0 Å². The first-order valence-electron chi connectivity index (χ1n) is 14.4. The monoisotopic (exact) mass is 650 g/mol. The lowest BCUT2D eigenvalue weighted by Crippen LogP contribution is -2.53. The number of carbonyl (C=O) groups excluding carboxylic acids is 1. The fraction of sp³-hybridized carbons (Fsp3) is 0.419. The van der Waals surface area contributed by atoms with Crippen molar-refractivity contribution in [3.8, 4) is 11.3 Å². The number of nitrogens with one attached hydrogen (secondary N) is 1. The number of anilines is 1. The number of fused-ring (bicyclic) bond motifs is 1. The maximum absolute atomic E-state index is 15.1. The number of amides is 1. The Morgan fingerprint density at radius 3 is 2.41 bits per heavy atom. The van der Waals surface area contributed by atoms with E-state index in [1.807, 2.05) is 0 Å². The van der Waals surface area contributed by atoms with Gasteiger partial charge in [0.15, 0.2) is 0 Å². The van der Waals surface area contributed by atoms with Crippen LogP contribution in [0.4, 0.5) is 27.6 Å². The highest BCUT2D eigenvalue weighted by Gasteiger charge is 2.46. The summed E-state index contributed by atoms with van der Waals surface area (Å²) in [6.07, 6.45) is -5.61. The van der Waals surface area contributed by atoms with Gasteiger partial charge < -0.3 is 29.7 Å². The number of rotatable bonds is 7. The molecule has 10 nitrogen and oxygen atoms in total. The molecule has 5 rings (SSSR count). The Morgan fingerprint density at radius 2 is 1.78 bits per heavy atom. The second-order valence-electron chi connectivity index (χ2n) is 11.5. The first kappa shape index (κ1) is 33.0. The summed E-state index contributed by atoms with van der Waals surface area (Å²) in [5, 5.41) is 22.5. The summed E-state index contributed by atoms with van der Waals surface area (Å²) in [5.74, 6) is -5.88. The summed E-state index contributed by atoms with van der Waals surface area (Å²) in [6.45, 7) is 2.35. The molecule has 2 aliphatic rings. The largest absolute Gasteiger partial charge is 0.480 e. The van der Waals surface area contributed by atoms with Crippen LogP contribution in [-0.2, 0) is 35.8 Å². The molecule has 1 aromatic heterocycles. The van der Waals surface area contributed by atoms with E-state index >= 15 is 8.78 Å². The molecule has 1 fully saturated rings. The van der Waals surface area contributed by atoms with Crippen LogP contribution in [0.3, 0.4) is 0 Å². The molecule has 0 unspecified atom stereocenters. The van der Waals surface area contributed by atoms with Gasteiger partial charge in [-0.2, -0.15) is 13.2 Å². The summed E-state index contributed by atoms with van der Waals surface area (Å²) in [4.78, 5) is 43.5. The molecular formula is C31H31F5N4O6. The van der Waals surface area contributed by atoms with Gasteiger partial charge in [-0.05, 0) is 55.5 Å². The number of alkyl halides is 3. The van der Waals surface area contributed by atoms with E-state index in [9.17, 15) is 37.8 Å². The highest BCUT2D eigenvalue weighted by atomic mass is 19.4. The van der Waals surface area contributed by atoms with E-state index in [0.29, 0.717) is 45.8 Å². The average Bonchev–Trinajstić information content (AvgIpc) is 3.38. The van der Waals surface area contributed by atoms with Crippen molar-refractivity contribution in [3.05, 3.63) is 79.9 Å². The van der Waals surface area contributed by atoms with Crippen LogP contribution in [0.1, 0.15) is 38.4 Å². The smallest absolute Gasteiger partial charge is 0.411 e. The van der Waals surface area contributed by atoms with Crippen molar-refractivity contribution in [2.75, 3.05) is 24.7 Å². The maximum atomic E-state index is 15.1. The Morgan fingerprint density at radius 1 is 1.13 bits per heavy atom. The van der Waals surface area contributed by atoms with Gasteiger partial charge in [0.05, 0.1) is 25.0 Å². The predicted octanol–water partition coefficient (Wildman–Crippen LogP) is 3.00. The summed E-state index contributed by atoms with van der Waals surface area (Å²) >= 11 is 0. The number of aromatic nitrogens is 2. The highest BCUT2D eigenvalue weighted by Crippen LogP contribution is 2.35. The van der Waals surface area contributed by atoms with Gasteiger partial charge in [-0.15, -0.1) is 0 Å². The Labute approximate surface area is 259 Å². The Hall–Kier alpha value is -4.37. The van der Waals surface area contributed by atoms with Crippen LogP contribution < -0.4 is 15.8 Å². The lowest BCUT2D eigenvalue weighted by atomic mass is 9.92. The van der Waals surface area contributed by atoms with Gasteiger partial charge in [-0.3, -0.25) is 9.59 Å². The normalized spacial score (nSPS) is 18.8. The third-order valence-electron chi connectivity index (χ3n) is 8.60. The average molecular weight is 651 g/mol. The minimum Gasteiger partial charge on any atom is -0.480 e. The van der Waals surface area contributed by atoms with E-state index in [1.54, 1.807) is 33.0 Å². The van der Waals surface area contributed by atoms with Crippen LogP contribution in [0.2, 0.25) is 0 Å². The quantitative estimate of drug-likeness (QED) is 0.333. The molecule has 15 heteroatoms. The predicted molar refractivity (Wildman–Crippen MR) is 155 cm³/mol. The van der Waals surface area contributed by atoms with Crippen LogP contribution in [0.25, 0.3) is 11.3 Å². The Bertz CT molecular complexity index is 1750. The summed E-state index contributed by atoms with van der Waals surface area (Å²) in [6, 6.07) is 0.492. The number of ether oxygens (including phenoxy) is 1. The molecule has 1 saturated heterocycles. The molecule has 2 heterocycles. The number of aryl methyl sites for hydroxylation is 1. The molecule has 1 aliphatic heterocycles. The van der Waals surface area contributed by atoms with E-state index in [4.69, 9.17) is 4.74 Å². The fourth-order valence-electron chi connectivity index (χ4n) is 5.99.